The molecule has 1 rings (SSSR count). The molecule has 0 aromatic heterocycles. The Morgan fingerprint density at radius 2 is 1.86 bits per heavy atom. The topological polar surface area (TPSA) is 95.5 Å². The van der Waals surface area contributed by atoms with Gasteiger partial charge in [0.2, 0.25) is 5.91 Å². The van der Waals surface area contributed by atoms with E-state index >= 15 is 0 Å². The van der Waals surface area contributed by atoms with E-state index in [0.29, 0.717) is 23.2 Å². The molecule has 0 fully saturated rings. The van der Waals surface area contributed by atoms with E-state index in [1.165, 1.54) is 6.92 Å². The van der Waals surface area contributed by atoms with Crippen molar-refractivity contribution in [1.82, 2.24) is 5.32 Å². The molecule has 6 nitrogen and oxygen atoms in total. The molecule has 120 valence electrons. The minimum absolute atomic E-state index is 0.146. The third-order valence-corrected chi connectivity index (χ3v) is 3.11. The van der Waals surface area contributed by atoms with Gasteiger partial charge in [-0.05, 0) is 37.0 Å². The summed E-state index contributed by atoms with van der Waals surface area (Å²) in [7, 11) is 0. The molecule has 3 N–H and O–H groups in total. The summed E-state index contributed by atoms with van der Waals surface area (Å²) in [5.74, 6) is -1.61. The normalized spacial score (nSPS) is 11.9. The minimum atomic E-state index is -1.06. The summed E-state index contributed by atoms with van der Waals surface area (Å²) in [6.07, 6.45) is 0.353. The number of rotatable bonds is 6. The van der Waals surface area contributed by atoms with Gasteiger partial charge in [-0.1, -0.05) is 19.9 Å². The van der Waals surface area contributed by atoms with Crippen LogP contribution in [-0.2, 0) is 9.59 Å². The largest absolute Gasteiger partial charge is 0.480 e. The van der Waals surface area contributed by atoms with Gasteiger partial charge >= 0.3 is 5.97 Å². The van der Waals surface area contributed by atoms with Gasteiger partial charge in [0.1, 0.15) is 6.04 Å². The lowest BCUT2D eigenvalue weighted by Gasteiger charge is -2.17. The second-order valence-electron chi connectivity index (χ2n) is 5.70. The van der Waals surface area contributed by atoms with Gasteiger partial charge in [0.05, 0.1) is 0 Å². The molecule has 0 saturated heterocycles. The number of carbonyl (C=O) groups is 3. The van der Waals surface area contributed by atoms with E-state index < -0.39 is 17.9 Å². The molecule has 0 unspecified atom stereocenters. The Morgan fingerprint density at radius 3 is 2.36 bits per heavy atom. The fourth-order valence-electron chi connectivity index (χ4n) is 2.08. The molecule has 2 amide bonds. The van der Waals surface area contributed by atoms with Crippen molar-refractivity contribution in [2.24, 2.45) is 5.92 Å². The van der Waals surface area contributed by atoms with Crippen LogP contribution >= 0.6 is 0 Å². The van der Waals surface area contributed by atoms with Gasteiger partial charge in [-0.3, -0.25) is 9.59 Å². The molecule has 0 aliphatic heterocycles. The van der Waals surface area contributed by atoms with Gasteiger partial charge in [-0.25, -0.2) is 4.79 Å². The van der Waals surface area contributed by atoms with Crippen molar-refractivity contribution in [2.75, 3.05) is 5.32 Å². The maximum atomic E-state index is 12.3. The smallest absolute Gasteiger partial charge is 0.326 e. The van der Waals surface area contributed by atoms with E-state index in [1.807, 2.05) is 13.8 Å². The van der Waals surface area contributed by atoms with E-state index in [0.717, 1.165) is 0 Å². The number of aliphatic carboxylic acids is 1. The molecule has 0 aliphatic rings. The minimum Gasteiger partial charge on any atom is -0.480 e. The molecular weight excluding hydrogens is 284 g/mol. The highest BCUT2D eigenvalue weighted by atomic mass is 16.4. The summed E-state index contributed by atoms with van der Waals surface area (Å²) >= 11 is 0. The predicted octanol–water partition coefficient (Wildman–Crippen LogP) is 2.18. The van der Waals surface area contributed by atoms with Gasteiger partial charge in [0.25, 0.3) is 5.91 Å². The maximum Gasteiger partial charge on any atom is 0.326 e. The first-order valence-corrected chi connectivity index (χ1v) is 7.12. The third kappa shape index (κ3) is 5.20. The van der Waals surface area contributed by atoms with E-state index in [2.05, 4.69) is 10.6 Å². The van der Waals surface area contributed by atoms with Gasteiger partial charge < -0.3 is 15.7 Å². The third-order valence-electron chi connectivity index (χ3n) is 3.11. The number of amides is 2. The molecule has 6 heteroatoms. The molecule has 0 aliphatic carbocycles. The molecule has 1 aromatic rings. The maximum absolute atomic E-state index is 12.3. The van der Waals surface area contributed by atoms with E-state index in [1.54, 1.807) is 25.1 Å². The number of nitrogens with one attached hydrogen (secondary N) is 2. The average Bonchev–Trinajstić information content (AvgIpc) is 2.38. The second-order valence-corrected chi connectivity index (χ2v) is 5.70. The molecule has 1 atom stereocenters. The highest BCUT2D eigenvalue weighted by molar-refractivity contribution is 5.99. The number of hydrogen-bond acceptors (Lipinski definition) is 3. The molecule has 22 heavy (non-hydrogen) atoms. The van der Waals surface area contributed by atoms with Crippen LogP contribution in [0.25, 0.3) is 0 Å². The molecule has 0 radical (unpaired) electrons. The van der Waals surface area contributed by atoms with Crippen LogP contribution in [0, 0.1) is 12.8 Å². The van der Waals surface area contributed by atoms with Crippen molar-refractivity contribution >= 4 is 23.5 Å². The fraction of sp³-hybridized carbons (Fsp3) is 0.438. The Morgan fingerprint density at radius 1 is 1.23 bits per heavy atom. The lowest BCUT2D eigenvalue weighted by molar-refractivity contribution is -0.139. The van der Waals surface area contributed by atoms with Gasteiger partial charge in [-0.2, -0.15) is 0 Å². The highest BCUT2D eigenvalue weighted by Gasteiger charge is 2.22. The molecule has 1 aromatic carbocycles. The number of carbonyl (C=O) groups excluding carboxylic acids is 2. The lowest BCUT2D eigenvalue weighted by Crippen LogP contribution is -2.41. The van der Waals surface area contributed by atoms with Gasteiger partial charge in [0.15, 0.2) is 0 Å². The van der Waals surface area contributed by atoms with Crippen LogP contribution < -0.4 is 10.6 Å². The second kappa shape index (κ2) is 7.59. The van der Waals surface area contributed by atoms with Crippen LogP contribution in [0.2, 0.25) is 0 Å². The molecular formula is C16H22N2O4. The fourth-order valence-corrected chi connectivity index (χ4v) is 2.08. The molecule has 0 heterocycles. The number of carboxylic acid groups (broad SMARTS) is 1. The zero-order valence-corrected chi connectivity index (χ0v) is 13.3. The van der Waals surface area contributed by atoms with Crippen molar-refractivity contribution in [1.29, 1.82) is 0 Å². The van der Waals surface area contributed by atoms with Gasteiger partial charge in [-0.15, -0.1) is 0 Å². The quantitative estimate of drug-likeness (QED) is 0.750. The first-order valence-electron chi connectivity index (χ1n) is 7.12. The first-order chi connectivity index (χ1) is 10.2. The first kappa shape index (κ1) is 17.7. The summed E-state index contributed by atoms with van der Waals surface area (Å²) in [6, 6.07) is 4.01. The molecule has 0 saturated carbocycles. The Hall–Kier alpha value is -2.37. The highest BCUT2D eigenvalue weighted by Crippen LogP contribution is 2.16. The number of carboxylic acids is 1. The Labute approximate surface area is 129 Å². The lowest BCUT2D eigenvalue weighted by atomic mass is 10.0. The zero-order valence-electron chi connectivity index (χ0n) is 13.3. The summed E-state index contributed by atoms with van der Waals surface area (Å²) in [4.78, 5) is 34.6. The summed E-state index contributed by atoms with van der Waals surface area (Å²) in [5.41, 5.74) is 1.56. The van der Waals surface area contributed by atoms with Crippen LogP contribution in [0.4, 0.5) is 5.69 Å². The van der Waals surface area contributed by atoms with E-state index in [-0.39, 0.29) is 11.8 Å². The van der Waals surface area contributed by atoms with Gasteiger partial charge in [0, 0.05) is 18.2 Å². The van der Waals surface area contributed by atoms with Crippen molar-refractivity contribution in [3.8, 4) is 0 Å². The predicted molar refractivity (Wildman–Crippen MR) is 83.8 cm³/mol. The van der Waals surface area contributed by atoms with Crippen LogP contribution in [0.1, 0.15) is 43.1 Å². The standard InChI is InChI=1S/C16H22N2O4/c1-9(2)7-14(16(21)22)18-15(20)13-8-12(17-11(4)19)6-5-10(13)3/h5-6,8-9,14H,7H2,1-4H3,(H,17,19)(H,18,20)(H,21,22)/t14-/m1/s1. The van der Waals surface area contributed by atoms with Crippen LogP contribution in [-0.4, -0.2) is 28.9 Å². The number of hydrogen-bond donors (Lipinski definition) is 3. The average molecular weight is 306 g/mol. The monoisotopic (exact) mass is 306 g/mol. The summed E-state index contributed by atoms with van der Waals surface area (Å²) < 4.78 is 0. The van der Waals surface area contributed by atoms with Crippen molar-refractivity contribution in [3.63, 3.8) is 0 Å². The van der Waals surface area contributed by atoms with E-state index in [9.17, 15) is 19.5 Å². The van der Waals surface area contributed by atoms with Crippen LogP contribution in [0.15, 0.2) is 18.2 Å². The van der Waals surface area contributed by atoms with Crippen molar-refractivity contribution < 1.29 is 19.5 Å². The van der Waals surface area contributed by atoms with Crippen molar-refractivity contribution in [2.45, 2.75) is 40.2 Å². The molecule has 0 spiro atoms. The number of benzene rings is 1. The van der Waals surface area contributed by atoms with Crippen LogP contribution in [0.3, 0.4) is 0 Å². The van der Waals surface area contributed by atoms with Crippen LogP contribution in [0.5, 0.6) is 0 Å². The zero-order chi connectivity index (χ0) is 16.9. The van der Waals surface area contributed by atoms with Crippen molar-refractivity contribution in [3.05, 3.63) is 29.3 Å². The summed E-state index contributed by atoms with van der Waals surface area (Å²) in [6.45, 7) is 6.92. The number of aryl methyl sites for hydroxylation is 1. The SMILES string of the molecule is CC(=O)Nc1ccc(C)c(C(=O)N[C@H](CC(C)C)C(=O)O)c1. The Kier molecular flexibility index (Phi) is 6.10. The Bertz CT molecular complexity index is 582. The summed E-state index contributed by atoms with van der Waals surface area (Å²) in [5, 5.41) is 14.3. The number of anilines is 1. The van der Waals surface area contributed by atoms with E-state index in [4.69, 9.17) is 0 Å². The molecule has 0 bridgehead atoms. The Balaban J connectivity index is 2.96.